The maximum atomic E-state index is 8.52. The van der Waals surface area contributed by atoms with Gasteiger partial charge in [-0.3, -0.25) is 0 Å². The van der Waals surface area contributed by atoms with Crippen LogP contribution in [0.2, 0.25) is 0 Å². The van der Waals surface area contributed by atoms with E-state index in [1.165, 1.54) is 5.57 Å². The molecule has 138 valence electrons. The molecule has 25 heavy (non-hydrogen) atoms. The number of hydrogen-bond acceptors (Lipinski definition) is 3. The van der Waals surface area contributed by atoms with Gasteiger partial charge in [0, 0.05) is 23.8 Å². The zero-order valence-electron chi connectivity index (χ0n) is 15.8. The monoisotopic (exact) mass is 345 g/mol. The molecule has 0 aromatic carbocycles. The molecule has 0 bridgehead atoms. The minimum Gasteiger partial charge on any atom is -0.369 e. The van der Waals surface area contributed by atoms with Gasteiger partial charge in [0.05, 0.1) is 23.9 Å². The standard InChI is InChI=1S/C20H31N3O2/c1-15(4-6-16-7-9-17(10-8-16)22-23-21)5-11-18-12-20(14-24-20)13-19(2,3)25-18/h4-5,11,16-18H,6-10,12-14H2,1-3H3/b11-5+,15-4+. The van der Waals surface area contributed by atoms with Crippen molar-refractivity contribution in [1.29, 1.82) is 0 Å². The van der Waals surface area contributed by atoms with Crippen molar-refractivity contribution in [1.82, 2.24) is 0 Å². The highest BCUT2D eigenvalue weighted by Crippen LogP contribution is 2.46. The van der Waals surface area contributed by atoms with Gasteiger partial charge in [-0.25, -0.2) is 0 Å². The van der Waals surface area contributed by atoms with Gasteiger partial charge in [0.15, 0.2) is 0 Å². The fourth-order valence-electron chi connectivity index (χ4n) is 4.39. The number of hydrogen-bond donors (Lipinski definition) is 0. The Balaban J connectivity index is 1.47. The lowest BCUT2D eigenvalue weighted by Crippen LogP contribution is -2.43. The fourth-order valence-corrected chi connectivity index (χ4v) is 4.39. The first-order chi connectivity index (χ1) is 11.9. The van der Waals surface area contributed by atoms with E-state index in [4.69, 9.17) is 15.0 Å². The SMILES string of the molecule is CC(/C=C/C1CC2(CO2)CC(C)(C)O1)=C\CC1CCC(N=[N+]=[N-])CC1. The van der Waals surface area contributed by atoms with Gasteiger partial charge in [-0.15, -0.1) is 0 Å². The second kappa shape index (κ2) is 7.53. The van der Waals surface area contributed by atoms with Crippen LogP contribution < -0.4 is 0 Å². The van der Waals surface area contributed by atoms with Crippen LogP contribution in [-0.2, 0) is 9.47 Å². The lowest BCUT2D eigenvalue weighted by Gasteiger charge is -2.38. The van der Waals surface area contributed by atoms with Crippen LogP contribution in [0, 0.1) is 5.92 Å². The van der Waals surface area contributed by atoms with Crippen molar-refractivity contribution in [2.45, 2.75) is 89.1 Å². The van der Waals surface area contributed by atoms with Crippen molar-refractivity contribution in [2.24, 2.45) is 11.0 Å². The summed E-state index contributed by atoms with van der Waals surface area (Å²) in [4.78, 5) is 2.94. The van der Waals surface area contributed by atoms with E-state index < -0.39 is 0 Å². The van der Waals surface area contributed by atoms with Crippen LogP contribution >= 0.6 is 0 Å². The van der Waals surface area contributed by atoms with E-state index in [0.29, 0.717) is 0 Å². The Labute approximate surface area is 151 Å². The first-order valence-electron chi connectivity index (χ1n) is 9.61. The molecule has 0 aromatic heterocycles. The van der Waals surface area contributed by atoms with E-state index in [2.05, 4.69) is 49.0 Å². The van der Waals surface area contributed by atoms with Gasteiger partial charge in [0.2, 0.25) is 0 Å². The predicted octanol–water partition coefficient (Wildman–Crippen LogP) is 5.47. The summed E-state index contributed by atoms with van der Waals surface area (Å²) >= 11 is 0. The zero-order chi connectivity index (χ0) is 17.9. The number of epoxide rings is 1. The highest BCUT2D eigenvalue weighted by molar-refractivity contribution is 5.19. The third-order valence-electron chi connectivity index (χ3n) is 5.72. The second-order valence-corrected chi connectivity index (χ2v) is 8.69. The first kappa shape index (κ1) is 18.5. The van der Waals surface area contributed by atoms with Crippen LogP contribution in [0.3, 0.4) is 0 Å². The van der Waals surface area contributed by atoms with Gasteiger partial charge in [-0.2, -0.15) is 0 Å². The van der Waals surface area contributed by atoms with Gasteiger partial charge in [-0.1, -0.05) is 28.9 Å². The van der Waals surface area contributed by atoms with Crippen molar-refractivity contribution >= 4 is 0 Å². The molecular weight excluding hydrogens is 314 g/mol. The van der Waals surface area contributed by atoms with E-state index in [9.17, 15) is 0 Å². The molecule has 2 atom stereocenters. The normalized spacial score (nSPS) is 37.9. The maximum Gasteiger partial charge on any atom is 0.0971 e. The molecule has 2 saturated heterocycles. The van der Waals surface area contributed by atoms with Crippen molar-refractivity contribution in [2.75, 3.05) is 6.61 Å². The summed E-state index contributed by atoms with van der Waals surface area (Å²) in [5.41, 5.74) is 9.80. The Bertz CT molecular complexity index is 572. The molecule has 5 nitrogen and oxygen atoms in total. The van der Waals surface area contributed by atoms with Crippen LogP contribution in [0.5, 0.6) is 0 Å². The van der Waals surface area contributed by atoms with Crippen molar-refractivity contribution in [3.63, 3.8) is 0 Å². The highest BCUT2D eigenvalue weighted by Gasteiger charge is 2.53. The van der Waals surface area contributed by atoms with Crippen LogP contribution in [0.4, 0.5) is 0 Å². The highest BCUT2D eigenvalue weighted by atomic mass is 16.6. The molecule has 0 aromatic rings. The Morgan fingerprint density at radius 1 is 1.28 bits per heavy atom. The molecule has 1 spiro atoms. The summed E-state index contributed by atoms with van der Waals surface area (Å²) in [5.74, 6) is 0.724. The average Bonchev–Trinajstić information content (AvgIpc) is 3.29. The third-order valence-corrected chi connectivity index (χ3v) is 5.72. The molecule has 1 saturated carbocycles. The molecule has 5 heteroatoms. The molecule has 3 aliphatic rings. The van der Waals surface area contributed by atoms with Crippen molar-refractivity contribution < 1.29 is 9.47 Å². The Morgan fingerprint density at radius 3 is 2.64 bits per heavy atom. The van der Waals surface area contributed by atoms with E-state index in [1.807, 2.05) is 0 Å². The van der Waals surface area contributed by atoms with E-state index in [1.54, 1.807) is 0 Å². The molecule has 0 N–H and O–H groups in total. The fraction of sp³-hybridized carbons (Fsp3) is 0.800. The van der Waals surface area contributed by atoms with Gasteiger partial charge < -0.3 is 9.47 Å². The lowest BCUT2D eigenvalue weighted by molar-refractivity contribution is -0.112. The predicted molar refractivity (Wildman–Crippen MR) is 99.3 cm³/mol. The molecule has 3 rings (SSSR count). The molecule has 2 heterocycles. The molecule has 2 unspecified atom stereocenters. The summed E-state index contributed by atoms with van der Waals surface area (Å²) in [6, 6.07) is 0.218. The lowest BCUT2D eigenvalue weighted by atomic mass is 9.84. The van der Waals surface area contributed by atoms with Gasteiger partial charge in [0.25, 0.3) is 0 Å². The van der Waals surface area contributed by atoms with Crippen LogP contribution in [0.25, 0.3) is 10.4 Å². The number of nitrogens with zero attached hydrogens (tertiary/aromatic N) is 3. The number of azide groups is 1. The minimum absolute atomic E-state index is 0.0823. The van der Waals surface area contributed by atoms with Gasteiger partial charge in [-0.05, 0) is 64.3 Å². The maximum absolute atomic E-state index is 8.52. The summed E-state index contributed by atoms with van der Waals surface area (Å²) in [6.45, 7) is 7.37. The van der Waals surface area contributed by atoms with Crippen LogP contribution in [-0.4, -0.2) is 30.0 Å². The van der Waals surface area contributed by atoms with E-state index in [0.717, 1.165) is 57.5 Å². The summed E-state index contributed by atoms with van der Waals surface area (Å²) < 4.78 is 11.9. The van der Waals surface area contributed by atoms with Crippen molar-refractivity contribution in [3.05, 3.63) is 34.2 Å². The third kappa shape index (κ3) is 5.34. The minimum atomic E-state index is -0.105. The van der Waals surface area contributed by atoms with Gasteiger partial charge in [0.1, 0.15) is 0 Å². The van der Waals surface area contributed by atoms with Crippen LogP contribution in [0.15, 0.2) is 28.9 Å². The number of rotatable bonds is 5. The Hall–Kier alpha value is -1.29. The van der Waals surface area contributed by atoms with Crippen LogP contribution in [0.1, 0.15) is 65.7 Å². The number of ether oxygens (including phenoxy) is 2. The quantitative estimate of drug-likeness (QED) is 0.218. The smallest absolute Gasteiger partial charge is 0.0971 e. The molecule has 3 fully saturated rings. The second-order valence-electron chi connectivity index (χ2n) is 8.69. The Morgan fingerprint density at radius 2 is 2.00 bits per heavy atom. The molecule has 0 amide bonds. The summed E-state index contributed by atoms with van der Waals surface area (Å²) in [7, 11) is 0. The summed E-state index contributed by atoms with van der Waals surface area (Å²) in [6.07, 6.45) is 14.4. The Kier molecular flexibility index (Phi) is 5.57. The van der Waals surface area contributed by atoms with E-state index in [-0.39, 0.29) is 23.3 Å². The molecular formula is C20H31N3O2. The molecule has 2 aliphatic heterocycles. The van der Waals surface area contributed by atoms with E-state index >= 15 is 0 Å². The average molecular weight is 345 g/mol. The van der Waals surface area contributed by atoms with Gasteiger partial charge >= 0.3 is 0 Å². The first-order valence-corrected chi connectivity index (χ1v) is 9.61. The summed E-state index contributed by atoms with van der Waals surface area (Å²) in [5, 5.41) is 3.85. The topological polar surface area (TPSA) is 70.5 Å². The molecule has 1 aliphatic carbocycles. The largest absolute Gasteiger partial charge is 0.369 e. The molecule has 0 radical (unpaired) electrons. The van der Waals surface area contributed by atoms with Crippen molar-refractivity contribution in [3.8, 4) is 0 Å². The number of allylic oxidation sites excluding steroid dienone is 3. The zero-order valence-corrected chi connectivity index (χ0v) is 15.8.